The van der Waals surface area contributed by atoms with Gasteiger partial charge >= 0.3 is 0 Å². The molecule has 4 rings (SSSR count). The third-order valence-corrected chi connectivity index (χ3v) is 4.57. The van der Waals surface area contributed by atoms with Crippen molar-refractivity contribution in [2.45, 2.75) is 25.4 Å². The van der Waals surface area contributed by atoms with E-state index >= 15 is 0 Å². The summed E-state index contributed by atoms with van der Waals surface area (Å²) in [6, 6.07) is 6.08. The molecule has 1 fully saturated rings. The first-order valence-corrected chi connectivity index (χ1v) is 8.19. The lowest BCUT2D eigenvalue weighted by Gasteiger charge is -2.22. The van der Waals surface area contributed by atoms with Crippen LogP contribution in [0.15, 0.2) is 39.7 Å². The van der Waals surface area contributed by atoms with Crippen molar-refractivity contribution in [3.8, 4) is 5.75 Å². The highest BCUT2D eigenvalue weighted by atomic mass is 19.1. The van der Waals surface area contributed by atoms with Crippen molar-refractivity contribution >= 4 is 11.0 Å². The first-order valence-electron chi connectivity index (χ1n) is 8.19. The van der Waals surface area contributed by atoms with Crippen molar-refractivity contribution in [1.29, 1.82) is 0 Å². The Bertz CT molecular complexity index is 966. The van der Waals surface area contributed by atoms with E-state index in [4.69, 9.17) is 9.15 Å². The molecule has 1 N–H and O–H groups in total. The number of methoxy groups -OCH3 is 1. The third kappa shape index (κ3) is 3.02. The van der Waals surface area contributed by atoms with E-state index in [1.807, 2.05) is 0 Å². The van der Waals surface area contributed by atoms with E-state index in [1.165, 1.54) is 31.6 Å². The predicted octanol–water partition coefficient (Wildman–Crippen LogP) is 3.00. The van der Waals surface area contributed by atoms with E-state index in [1.54, 1.807) is 6.07 Å². The molecule has 2 aromatic heterocycles. The Morgan fingerprint density at radius 1 is 1.44 bits per heavy atom. The molecule has 0 aliphatic carbocycles. The standard InChI is InChI=1S/C18H18FN3O3/c1-24-17-10-25-12(8-16(17)23)9-22-6-2-3-15(22)18-20-13-5-4-11(19)7-14(13)21-18/h4-5,7-8,10,15H,2-3,6,9H2,1H3,(H,20,21). The highest BCUT2D eigenvalue weighted by molar-refractivity contribution is 5.75. The van der Waals surface area contributed by atoms with Crippen LogP contribution < -0.4 is 10.2 Å². The molecule has 1 aliphatic heterocycles. The average molecular weight is 343 g/mol. The summed E-state index contributed by atoms with van der Waals surface area (Å²) in [5.41, 5.74) is 1.25. The number of hydrogen-bond donors (Lipinski definition) is 1. The van der Waals surface area contributed by atoms with Crippen molar-refractivity contribution in [3.05, 3.63) is 58.2 Å². The SMILES string of the molecule is COc1coc(CN2CCCC2c2nc3ccc(F)cc3[nH]2)cc1=O. The van der Waals surface area contributed by atoms with Crippen LogP contribution in [0.4, 0.5) is 4.39 Å². The molecule has 3 heterocycles. The number of benzene rings is 1. The van der Waals surface area contributed by atoms with Gasteiger partial charge in [0, 0.05) is 6.07 Å². The monoisotopic (exact) mass is 343 g/mol. The second kappa shape index (κ2) is 6.33. The van der Waals surface area contributed by atoms with Gasteiger partial charge in [0.15, 0.2) is 0 Å². The van der Waals surface area contributed by atoms with Crippen LogP contribution in [0.5, 0.6) is 5.75 Å². The molecular weight excluding hydrogens is 325 g/mol. The van der Waals surface area contributed by atoms with E-state index in [0.717, 1.165) is 30.7 Å². The summed E-state index contributed by atoms with van der Waals surface area (Å²) in [6.07, 6.45) is 3.31. The fourth-order valence-electron chi connectivity index (χ4n) is 3.35. The lowest BCUT2D eigenvalue weighted by Crippen LogP contribution is -2.24. The second-order valence-electron chi connectivity index (χ2n) is 6.19. The number of nitrogens with one attached hydrogen (secondary N) is 1. The normalized spacial score (nSPS) is 18.1. The molecule has 0 radical (unpaired) electrons. The van der Waals surface area contributed by atoms with Crippen LogP contribution in [0.2, 0.25) is 0 Å². The van der Waals surface area contributed by atoms with Gasteiger partial charge in [-0.2, -0.15) is 0 Å². The zero-order chi connectivity index (χ0) is 17.4. The van der Waals surface area contributed by atoms with Gasteiger partial charge < -0.3 is 14.1 Å². The van der Waals surface area contributed by atoms with Crippen molar-refractivity contribution < 1.29 is 13.5 Å². The summed E-state index contributed by atoms with van der Waals surface area (Å²) in [5, 5.41) is 0. The second-order valence-corrected chi connectivity index (χ2v) is 6.19. The summed E-state index contributed by atoms with van der Waals surface area (Å²) < 4.78 is 23.8. The molecule has 1 unspecified atom stereocenters. The smallest absolute Gasteiger partial charge is 0.227 e. The van der Waals surface area contributed by atoms with Crippen LogP contribution in [0.3, 0.4) is 0 Å². The number of aromatic nitrogens is 2. The van der Waals surface area contributed by atoms with E-state index in [-0.39, 0.29) is 23.0 Å². The quantitative estimate of drug-likeness (QED) is 0.788. The molecular formula is C18H18FN3O3. The number of nitrogens with zero attached hydrogens (tertiary/aromatic N) is 2. The molecule has 1 atom stereocenters. The Morgan fingerprint density at radius 2 is 2.32 bits per heavy atom. The zero-order valence-electron chi connectivity index (χ0n) is 13.8. The Hall–Kier alpha value is -2.67. The Labute approximate surface area is 143 Å². The number of halogens is 1. The van der Waals surface area contributed by atoms with Crippen molar-refractivity contribution in [1.82, 2.24) is 14.9 Å². The van der Waals surface area contributed by atoms with E-state index in [0.29, 0.717) is 17.8 Å². The number of rotatable bonds is 4. The third-order valence-electron chi connectivity index (χ3n) is 4.57. The van der Waals surface area contributed by atoms with Crippen LogP contribution in [0, 0.1) is 5.82 Å². The first-order chi connectivity index (χ1) is 12.1. The highest BCUT2D eigenvalue weighted by Crippen LogP contribution is 2.32. The predicted molar refractivity (Wildman–Crippen MR) is 90.0 cm³/mol. The van der Waals surface area contributed by atoms with E-state index in [2.05, 4.69) is 14.9 Å². The van der Waals surface area contributed by atoms with Crippen LogP contribution in [0.25, 0.3) is 11.0 Å². The number of imidazole rings is 1. The van der Waals surface area contributed by atoms with Gasteiger partial charge in [-0.25, -0.2) is 9.37 Å². The number of ether oxygens (including phenoxy) is 1. The highest BCUT2D eigenvalue weighted by Gasteiger charge is 2.29. The van der Waals surface area contributed by atoms with Gasteiger partial charge in [0.1, 0.15) is 23.7 Å². The molecule has 0 bridgehead atoms. The molecule has 0 spiro atoms. The van der Waals surface area contributed by atoms with Gasteiger partial charge in [0.25, 0.3) is 0 Å². The van der Waals surface area contributed by atoms with Crippen molar-refractivity contribution in [3.63, 3.8) is 0 Å². The fraction of sp³-hybridized carbons (Fsp3) is 0.333. The number of likely N-dealkylation sites (tertiary alicyclic amines) is 1. The molecule has 1 aromatic carbocycles. The van der Waals surface area contributed by atoms with Gasteiger partial charge in [-0.05, 0) is 37.6 Å². The molecule has 6 nitrogen and oxygen atoms in total. The van der Waals surface area contributed by atoms with Crippen molar-refractivity contribution in [2.75, 3.05) is 13.7 Å². The summed E-state index contributed by atoms with van der Waals surface area (Å²) in [6.45, 7) is 1.39. The number of fused-ring (bicyclic) bond motifs is 1. The van der Waals surface area contributed by atoms with Crippen LogP contribution in [-0.4, -0.2) is 28.5 Å². The molecule has 0 saturated carbocycles. The minimum Gasteiger partial charge on any atom is -0.490 e. The molecule has 130 valence electrons. The largest absolute Gasteiger partial charge is 0.490 e. The average Bonchev–Trinajstić information content (AvgIpc) is 3.20. The maximum atomic E-state index is 13.4. The van der Waals surface area contributed by atoms with Gasteiger partial charge in [-0.15, -0.1) is 0 Å². The zero-order valence-corrected chi connectivity index (χ0v) is 13.8. The van der Waals surface area contributed by atoms with Crippen LogP contribution in [-0.2, 0) is 6.54 Å². The Balaban J connectivity index is 1.59. The molecule has 1 saturated heterocycles. The van der Waals surface area contributed by atoms with E-state index < -0.39 is 0 Å². The minimum absolute atomic E-state index is 0.0860. The summed E-state index contributed by atoms with van der Waals surface area (Å²) in [4.78, 5) is 21.9. The maximum absolute atomic E-state index is 13.4. The van der Waals surface area contributed by atoms with Crippen LogP contribution in [0.1, 0.15) is 30.5 Å². The molecule has 0 amide bonds. The Kier molecular flexibility index (Phi) is 4.01. The first kappa shape index (κ1) is 15.8. The lowest BCUT2D eigenvalue weighted by atomic mass is 10.2. The molecule has 3 aromatic rings. The minimum atomic E-state index is -0.286. The van der Waals surface area contributed by atoms with Crippen LogP contribution >= 0.6 is 0 Å². The number of aromatic amines is 1. The topological polar surface area (TPSA) is 71.4 Å². The van der Waals surface area contributed by atoms with Gasteiger partial charge in [-0.1, -0.05) is 0 Å². The number of hydrogen-bond acceptors (Lipinski definition) is 5. The van der Waals surface area contributed by atoms with Gasteiger partial charge in [-0.3, -0.25) is 9.69 Å². The number of H-pyrrole nitrogens is 1. The van der Waals surface area contributed by atoms with E-state index in [9.17, 15) is 9.18 Å². The summed E-state index contributed by atoms with van der Waals surface area (Å²) >= 11 is 0. The fourth-order valence-corrected chi connectivity index (χ4v) is 3.35. The molecule has 7 heteroatoms. The molecule has 25 heavy (non-hydrogen) atoms. The maximum Gasteiger partial charge on any atom is 0.227 e. The molecule has 1 aliphatic rings. The van der Waals surface area contributed by atoms with Gasteiger partial charge in [0.2, 0.25) is 11.2 Å². The summed E-state index contributed by atoms with van der Waals surface area (Å²) in [7, 11) is 1.44. The summed E-state index contributed by atoms with van der Waals surface area (Å²) in [5.74, 6) is 1.31. The lowest BCUT2D eigenvalue weighted by molar-refractivity contribution is 0.218. The van der Waals surface area contributed by atoms with Gasteiger partial charge in [0.05, 0.1) is 30.7 Å². The Morgan fingerprint density at radius 3 is 3.12 bits per heavy atom. The van der Waals surface area contributed by atoms with Crippen molar-refractivity contribution in [2.24, 2.45) is 0 Å².